The van der Waals surface area contributed by atoms with E-state index in [4.69, 9.17) is 16.3 Å². The van der Waals surface area contributed by atoms with E-state index in [0.717, 1.165) is 9.79 Å². The Hall–Kier alpha value is -2.15. The second-order valence-electron chi connectivity index (χ2n) is 5.54. The maximum atomic E-state index is 13.0. The molecule has 0 fully saturated rings. The van der Waals surface area contributed by atoms with Gasteiger partial charge in [0.1, 0.15) is 10.6 Å². The molecule has 0 saturated heterocycles. The maximum absolute atomic E-state index is 13.0. The first kappa shape index (κ1) is 19.6. The van der Waals surface area contributed by atoms with E-state index in [1.165, 1.54) is 17.8 Å². The lowest BCUT2D eigenvalue weighted by atomic mass is 10.3. The zero-order chi connectivity index (χ0) is 19.3. The highest BCUT2D eigenvalue weighted by Crippen LogP contribution is 2.35. The summed E-state index contributed by atoms with van der Waals surface area (Å²) in [6.07, 6.45) is 0. The lowest BCUT2D eigenvalue weighted by Crippen LogP contribution is -2.15. The molecule has 1 N–H and O–H groups in total. The molecule has 0 amide bonds. The first-order valence-corrected chi connectivity index (χ1v) is 10.9. The van der Waals surface area contributed by atoms with Crippen LogP contribution in [0.4, 0.5) is 5.69 Å². The number of rotatable bonds is 7. The van der Waals surface area contributed by atoms with Crippen LogP contribution in [-0.2, 0) is 10.0 Å². The largest absolute Gasteiger partial charge is 0.492 e. The van der Waals surface area contributed by atoms with Crippen molar-refractivity contribution in [1.29, 1.82) is 0 Å². The number of hydrogen-bond acceptors (Lipinski definition) is 4. The lowest BCUT2D eigenvalue weighted by molar-refractivity contribution is 0.331. The lowest BCUT2D eigenvalue weighted by Gasteiger charge is -2.15. The van der Waals surface area contributed by atoms with Crippen LogP contribution in [0, 0.1) is 0 Å². The van der Waals surface area contributed by atoms with Crippen LogP contribution in [0.3, 0.4) is 0 Å². The molecule has 0 atom stereocenters. The van der Waals surface area contributed by atoms with Crippen molar-refractivity contribution in [3.8, 4) is 5.75 Å². The highest BCUT2D eigenvalue weighted by molar-refractivity contribution is 7.99. The zero-order valence-corrected chi connectivity index (χ0v) is 16.9. The number of hydrogen-bond donors (Lipinski definition) is 1. The van der Waals surface area contributed by atoms with Crippen molar-refractivity contribution in [3.63, 3.8) is 0 Å². The zero-order valence-electron chi connectivity index (χ0n) is 14.6. The molecule has 0 aromatic heterocycles. The average Bonchev–Trinajstić information content (AvgIpc) is 2.65. The second kappa shape index (κ2) is 8.69. The van der Waals surface area contributed by atoms with E-state index in [0.29, 0.717) is 17.3 Å². The molecular formula is C20H18ClNO3S2. The van der Waals surface area contributed by atoms with Crippen LogP contribution in [0.5, 0.6) is 5.75 Å². The van der Waals surface area contributed by atoms with Gasteiger partial charge in [-0.2, -0.15) is 0 Å². The molecule has 0 radical (unpaired) electrons. The summed E-state index contributed by atoms with van der Waals surface area (Å²) in [5.74, 6) is 0.266. The van der Waals surface area contributed by atoms with E-state index in [-0.39, 0.29) is 10.6 Å². The Morgan fingerprint density at radius 3 is 2.44 bits per heavy atom. The molecule has 140 valence electrons. The van der Waals surface area contributed by atoms with Gasteiger partial charge in [-0.1, -0.05) is 53.7 Å². The van der Waals surface area contributed by atoms with Crippen molar-refractivity contribution in [2.24, 2.45) is 0 Å². The summed E-state index contributed by atoms with van der Waals surface area (Å²) in [5, 5.41) is 0.325. The average molecular weight is 420 g/mol. The van der Waals surface area contributed by atoms with Gasteiger partial charge in [-0.05, 0) is 49.4 Å². The topological polar surface area (TPSA) is 55.4 Å². The van der Waals surface area contributed by atoms with Crippen molar-refractivity contribution in [1.82, 2.24) is 0 Å². The Labute approximate surface area is 168 Å². The minimum atomic E-state index is -3.88. The van der Waals surface area contributed by atoms with Crippen LogP contribution in [0.1, 0.15) is 6.92 Å². The van der Waals surface area contributed by atoms with Crippen LogP contribution < -0.4 is 9.46 Å². The highest BCUT2D eigenvalue weighted by Gasteiger charge is 2.21. The van der Waals surface area contributed by atoms with E-state index in [1.54, 1.807) is 31.2 Å². The first-order chi connectivity index (χ1) is 13.0. The smallest absolute Gasteiger partial charge is 0.265 e. The molecule has 0 aliphatic heterocycles. The van der Waals surface area contributed by atoms with Gasteiger partial charge in [0.15, 0.2) is 0 Å². The minimum absolute atomic E-state index is 0.0105. The van der Waals surface area contributed by atoms with Crippen LogP contribution in [0.25, 0.3) is 0 Å². The summed E-state index contributed by atoms with van der Waals surface area (Å²) >= 11 is 7.50. The first-order valence-electron chi connectivity index (χ1n) is 8.26. The third kappa shape index (κ3) is 4.97. The fourth-order valence-electron chi connectivity index (χ4n) is 2.42. The number of nitrogens with one attached hydrogen (secondary N) is 1. The Morgan fingerprint density at radius 2 is 1.70 bits per heavy atom. The highest BCUT2D eigenvalue weighted by atomic mass is 35.5. The maximum Gasteiger partial charge on any atom is 0.265 e. The van der Waals surface area contributed by atoms with Gasteiger partial charge in [-0.3, -0.25) is 4.72 Å². The molecule has 0 heterocycles. The summed E-state index contributed by atoms with van der Waals surface area (Å²) < 4.78 is 34.1. The Morgan fingerprint density at radius 1 is 1.00 bits per heavy atom. The van der Waals surface area contributed by atoms with Gasteiger partial charge in [-0.15, -0.1) is 0 Å². The van der Waals surface area contributed by atoms with Gasteiger partial charge in [-0.25, -0.2) is 8.42 Å². The molecule has 0 aliphatic carbocycles. The fourth-order valence-corrected chi connectivity index (χ4v) is 4.90. The fraction of sp³-hybridized carbons (Fsp3) is 0.100. The minimum Gasteiger partial charge on any atom is -0.492 e. The number of halogens is 1. The summed E-state index contributed by atoms with van der Waals surface area (Å²) in [4.78, 5) is 1.82. The van der Waals surface area contributed by atoms with Crippen LogP contribution >= 0.6 is 23.4 Å². The number of sulfonamides is 1. The molecule has 0 aliphatic rings. The van der Waals surface area contributed by atoms with Crippen molar-refractivity contribution >= 4 is 39.1 Å². The Kier molecular flexibility index (Phi) is 6.31. The number of anilines is 1. The SMILES string of the molecule is CCOc1ccc(Cl)cc1S(=O)(=O)Nc1ccccc1Sc1ccccc1. The van der Waals surface area contributed by atoms with Crippen LogP contribution in [0.2, 0.25) is 5.02 Å². The predicted molar refractivity (Wildman–Crippen MR) is 110 cm³/mol. The molecular weight excluding hydrogens is 402 g/mol. The van der Waals surface area contributed by atoms with Crippen molar-refractivity contribution in [2.45, 2.75) is 21.6 Å². The molecule has 0 unspecified atom stereocenters. The number of benzene rings is 3. The standard InChI is InChI=1S/C20H18ClNO3S2/c1-2-25-18-13-12-15(21)14-20(18)27(23,24)22-17-10-6-7-11-19(17)26-16-8-4-3-5-9-16/h3-14,22H,2H2,1H3. The van der Waals surface area contributed by atoms with Crippen LogP contribution in [0.15, 0.2) is 87.5 Å². The summed E-state index contributed by atoms with van der Waals surface area (Å²) in [6, 6.07) is 21.6. The third-order valence-corrected chi connectivity index (χ3v) is 6.30. The molecule has 27 heavy (non-hydrogen) atoms. The van der Waals surface area contributed by atoms with Gasteiger partial charge >= 0.3 is 0 Å². The summed E-state index contributed by atoms with van der Waals surface area (Å²) in [6.45, 7) is 2.15. The molecule has 0 spiro atoms. The van der Waals surface area contributed by atoms with E-state index < -0.39 is 10.0 Å². The van der Waals surface area contributed by atoms with Gasteiger partial charge in [0.25, 0.3) is 10.0 Å². The quantitative estimate of drug-likeness (QED) is 0.534. The van der Waals surface area contributed by atoms with Crippen molar-refractivity contribution < 1.29 is 13.2 Å². The molecule has 3 aromatic rings. The van der Waals surface area contributed by atoms with Gasteiger partial charge in [0.2, 0.25) is 0 Å². The molecule has 4 nitrogen and oxygen atoms in total. The summed E-state index contributed by atoms with van der Waals surface area (Å²) in [5.41, 5.74) is 0.494. The summed E-state index contributed by atoms with van der Waals surface area (Å²) in [7, 11) is -3.88. The number of ether oxygens (including phenoxy) is 1. The third-order valence-electron chi connectivity index (χ3n) is 3.60. The van der Waals surface area contributed by atoms with Gasteiger partial charge in [0, 0.05) is 14.8 Å². The Bertz CT molecular complexity index is 1020. The molecule has 3 aromatic carbocycles. The van der Waals surface area contributed by atoms with Crippen molar-refractivity contribution in [3.05, 3.63) is 77.8 Å². The van der Waals surface area contributed by atoms with Gasteiger partial charge in [0.05, 0.1) is 12.3 Å². The monoisotopic (exact) mass is 419 g/mol. The number of para-hydroxylation sites is 1. The molecule has 3 rings (SSSR count). The van der Waals surface area contributed by atoms with Gasteiger partial charge < -0.3 is 4.74 Å². The molecule has 0 saturated carbocycles. The van der Waals surface area contributed by atoms with E-state index >= 15 is 0 Å². The second-order valence-corrected chi connectivity index (χ2v) is 8.74. The Balaban J connectivity index is 1.94. The predicted octanol–water partition coefficient (Wildman–Crippen LogP) is 5.69. The normalized spacial score (nSPS) is 11.2. The van der Waals surface area contributed by atoms with E-state index in [2.05, 4.69) is 4.72 Å². The molecule has 0 bridgehead atoms. The van der Waals surface area contributed by atoms with Crippen LogP contribution in [-0.4, -0.2) is 15.0 Å². The van der Waals surface area contributed by atoms with E-state index in [1.807, 2.05) is 42.5 Å². The van der Waals surface area contributed by atoms with E-state index in [9.17, 15) is 8.42 Å². The van der Waals surface area contributed by atoms with Crippen molar-refractivity contribution in [2.75, 3.05) is 11.3 Å². The molecule has 7 heteroatoms.